The van der Waals surface area contributed by atoms with E-state index < -0.39 is 5.42 Å². The quantitative estimate of drug-likeness (QED) is 0.651. The zero-order chi connectivity index (χ0) is 5.91. The van der Waals surface area contributed by atoms with Crippen LogP contribution in [0.5, 0.6) is 0 Å². The van der Waals surface area contributed by atoms with Crippen molar-refractivity contribution in [1.82, 2.24) is 0 Å². The second-order valence-corrected chi connectivity index (χ2v) is 7.28. The van der Waals surface area contributed by atoms with Crippen LogP contribution in [0.3, 0.4) is 0 Å². The molecule has 1 atom stereocenters. The van der Waals surface area contributed by atoms with Crippen molar-refractivity contribution >= 4 is 32.2 Å². The molecule has 0 aliphatic heterocycles. The normalized spacial score (nSPS) is 18.7. The number of hydrogen-bond donors (Lipinski definition) is 0. The van der Waals surface area contributed by atoms with Crippen molar-refractivity contribution < 1.29 is 9.09 Å². The van der Waals surface area contributed by atoms with Crippen molar-refractivity contribution in [3.8, 4) is 0 Å². The molecular weight excluding hydrogens is 202 g/mol. The van der Waals surface area contributed by atoms with E-state index in [2.05, 4.69) is 20.0 Å². The van der Waals surface area contributed by atoms with Crippen LogP contribution in [0.2, 0.25) is 0 Å². The third kappa shape index (κ3) is 6.96. The fourth-order valence-electron chi connectivity index (χ4n) is 0.150. The van der Waals surface area contributed by atoms with E-state index in [9.17, 15) is 4.57 Å². The molecular formula is C2H5BrClO2P. The Morgan fingerprint density at radius 1 is 2.00 bits per heavy atom. The van der Waals surface area contributed by atoms with Gasteiger partial charge in [0.2, 0.25) is 0 Å². The summed E-state index contributed by atoms with van der Waals surface area (Å²) in [4.78, 5) is 0. The van der Waals surface area contributed by atoms with Gasteiger partial charge in [-0.2, -0.15) is 0 Å². The first kappa shape index (κ1) is 7.96. The zero-order valence-electron chi connectivity index (χ0n) is 3.73. The van der Waals surface area contributed by atoms with Crippen molar-refractivity contribution in [3.63, 3.8) is 0 Å². The van der Waals surface area contributed by atoms with Crippen LogP contribution in [0.15, 0.2) is 0 Å². The van der Waals surface area contributed by atoms with Gasteiger partial charge in [-0.15, -0.1) is 0 Å². The molecule has 0 aliphatic rings. The summed E-state index contributed by atoms with van der Waals surface area (Å²) in [5.41, 5.74) is -2.88. The molecule has 0 aromatic heterocycles. The second-order valence-electron chi connectivity index (χ2n) is 0.832. The Morgan fingerprint density at radius 3 is 2.43 bits per heavy atom. The molecule has 0 heterocycles. The molecule has 0 aliphatic carbocycles. The topological polar surface area (TPSA) is 26.3 Å². The Kier molecular flexibility index (Phi) is 3.50. The van der Waals surface area contributed by atoms with Gasteiger partial charge in [-0.05, 0) is 18.2 Å². The summed E-state index contributed by atoms with van der Waals surface area (Å²) in [7, 11) is 0. The lowest BCUT2D eigenvalue weighted by Gasteiger charge is -1.96. The van der Waals surface area contributed by atoms with Crippen LogP contribution in [-0.4, -0.2) is 6.61 Å². The highest BCUT2D eigenvalue weighted by Crippen LogP contribution is 2.59. The van der Waals surface area contributed by atoms with E-state index in [1.807, 2.05) is 0 Å². The Hall–Kier alpha value is 0.960. The van der Waals surface area contributed by atoms with Gasteiger partial charge in [0.05, 0.1) is 6.61 Å². The standard InChI is InChI=1S/C2H5BrClO2P/c1-2-6-7(3,4)5/h2H2,1H3. The van der Waals surface area contributed by atoms with Crippen molar-refractivity contribution in [2.45, 2.75) is 6.92 Å². The van der Waals surface area contributed by atoms with Gasteiger partial charge in [-0.1, -0.05) is 0 Å². The number of hydrogen-bond acceptors (Lipinski definition) is 2. The lowest BCUT2D eigenvalue weighted by Crippen LogP contribution is -1.74. The summed E-state index contributed by atoms with van der Waals surface area (Å²) < 4.78 is 14.7. The Morgan fingerprint density at radius 2 is 2.43 bits per heavy atom. The predicted octanol–water partition coefficient (Wildman–Crippen LogP) is 2.76. The highest BCUT2D eigenvalue weighted by atomic mass is 79.9. The van der Waals surface area contributed by atoms with E-state index in [1.54, 1.807) is 6.92 Å². The fraction of sp³-hybridized carbons (Fsp3) is 1.00. The molecule has 0 saturated heterocycles. The first-order valence-corrected chi connectivity index (χ1v) is 6.25. The van der Waals surface area contributed by atoms with Crippen LogP contribution in [0.1, 0.15) is 6.92 Å². The first-order chi connectivity index (χ1) is 3.06. The first-order valence-electron chi connectivity index (χ1n) is 1.70. The van der Waals surface area contributed by atoms with Crippen molar-refractivity contribution in [3.05, 3.63) is 0 Å². The minimum absolute atomic E-state index is 0.367. The number of rotatable bonds is 2. The largest absolute Gasteiger partial charge is 0.353 e. The summed E-state index contributed by atoms with van der Waals surface area (Å²) in [6.45, 7) is 2.09. The molecule has 0 saturated carbocycles. The van der Waals surface area contributed by atoms with Gasteiger partial charge < -0.3 is 4.52 Å². The molecule has 0 amide bonds. The van der Waals surface area contributed by atoms with Crippen molar-refractivity contribution in [1.29, 1.82) is 0 Å². The van der Waals surface area contributed by atoms with Gasteiger partial charge in [0.1, 0.15) is 0 Å². The molecule has 2 nitrogen and oxygen atoms in total. The molecule has 0 radical (unpaired) electrons. The maximum absolute atomic E-state index is 10.3. The van der Waals surface area contributed by atoms with Crippen LogP contribution in [0, 0.1) is 0 Å². The molecule has 1 unspecified atom stereocenters. The highest BCUT2D eigenvalue weighted by molar-refractivity contribution is 9.42. The molecule has 7 heavy (non-hydrogen) atoms. The van der Waals surface area contributed by atoms with Crippen LogP contribution in [0.4, 0.5) is 0 Å². The molecule has 0 aromatic rings. The third-order valence-corrected chi connectivity index (χ3v) is 1.75. The molecule has 5 heteroatoms. The lowest BCUT2D eigenvalue weighted by atomic mass is 10.9. The third-order valence-electron chi connectivity index (χ3n) is 0.279. The van der Waals surface area contributed by atoms with Crippen LogP contribution >= 0.6 is 32.2 Å². The van der Waals surface area contributed by atoms with E-state index >= 15 is 0 Å². The van der Waals surface area contributed by atoms with Gasteiger partial charge in [0.25, 0.3) is 0 Å². The summed E-state index contributed by atoms with van der Waals surface area (Å²) in [5.74, 6) is 0. The van der Waals surface area contributed by atoms with Gasteiger partial charge >= 0.3 is 5.42 Å². The second kappa shape index (κ2) is 3.08. The van der Waals surface area contributed by atoms with Crippen LogP contribution in [-0.2, 0) is 9.09 Å². The van der Waals surface area contributed by atoms with Gasteiger partial charge in [0, 0.05) is 15.5 Å². The predicted molar refractivity (Wildman–Crippen MR) is 34.0 cm³/mol. The minimum atomic E-state index is -2.88. The highest BCUT2D eigenvalue weighted by Gasteiger charge is 2.09. The summed E-state index contributed by atoms with van der Waals surface area (Å²) in [6.07, 6.45) is 0. The fourth-order valence-corrected chi connectivity index (χ4v) is 1.36. The summed E-state index contributed by atoms with van der Waals surface area (Å²) >= 11 is 7.72. The van der Waals surface area contributed by atoms with Gasteiger partial charge in [-0.3, -0.25) is 4.57 Å². The Labute approximate surface area is 55.2 Å². The van der Waals surface area contributed by atoms with Gasteiger partial charge in [0.15, 0.2) is 0 Å². The van der Waals surface area contributed by atoms with E-state index in [1.165, 1.54) is 0 Å². The van der Waals surface area contributed by atoms with Crippen LogP contribution < -0.4 is 0 Å². The average molecular weight is 207 g/mol. The van der Waals surface area contributed by atoms with E-state index in [4.69, 9.17) is 11.2 Å². The Balaban J connectivity index is 3.36. The SMILES string of the molecule is CCOP(=O)(Cl)Br. The maximum Gasteiger partial charge on any atom is 0.353 e. The minimum Gasteiger partial charge on any atom is -0.310 e. The lowest BCUT2D eigenvalue weighted by molar-refractivity contribution is 0.357. The summed E-state index contributed by atoms with van der Waals surface area (Å²) in [5, 5.41) is 0. The molecule has 0 spiro atoms. The molecule has 0 aromatic carbocycles. The number of halogens is 2. The summed E-state index contributed by atoms with van der Waals surface area (Å²) in [6, 6.07) is 0. The van der Waals surface area contributed by atoms with E-state index in [0.717, 1.165) is 0 Å². The van der Waals surface area contributed by atoms with E-state index in [-0.39, 0.29) is 0 Å². The molecule has 0 fully saturated rings. The molecule has 0 N–H and O–H groups in total. The smallest absolute Gasteiger partial charge is 0.310 e. The zero-order valence-corrected chi connectivity index (χ0v) is 6.96. The van der Waals surface area contributed by atoms with Crippen molar-refractivity contribution in [2.75, 3.05) is 6.61 Å². The monoisotopic (exact) mass is 206 g/mol. The van der Waals surface area contributed by atoms with Gasteiger partial charge in [-0.25, -0.2) is 0 Å². The van der Waals surface area contributed by atoms with Crippen molar-refractivity contribution in [2.24, 2.45) is 0 Å². The average Bonchev–Trinajstić information content (AvgIpc) is 1.30. The molecule has 0 rings (SSSR count). The molecule has 0 bridgehead atoms. The molecule has 44 valence electrons. The van der Waals surface area contributed by atoms with Crippen LogP contribution in [0.25, 0.3) is 0 Å². The maximum atomic E-state index is 10.3. The Bertz CT molecular complexity index is 89.7. The van der Waals surface area contributed by atoms with E-state index in [0.29, 0.717) is 6.61 Å².